The van der Waals surface area contributed by atoms with Crippen LogP contribution >= 0.6 is 11.8 Å². The van der Waals surface area contributed by atoms with E-state index in [4.69, 9.17) is 9.31 Å². The molecule has 1 aliphatic rings. The molecule has 8 heteroatoms. The summed E-state index contributed by atoms with van der Waals surface area (Å²) in [6, 6.07) is 3.49. The number of rotatable bonds is 2. The minimum atomic E-state index is -4.55. The number of halogens is 4. The number of hydrogen-bond donors (Lipinski definition) is 0. The van der Waals surface area contributed by atoms with Crippen LogP contribution < -0.4 is 5.46 Å². The Labute approximate surface area is 125 Å². The molecule has 1 aromatic rings. The third-order valence-corrected chi connectivity index (χ3v) is 4.47. The first kappa shape index (κ1) is 16.6. The van der Waals surface area contributed by atoms with Gasteiger partial charge in [-0.2, -0.15) is 13.2 Å². The predicted octanol–water partition coefficient (Wildman–Crippen LogP) is 3.74. The Morgan fingerprint density at radius 1 is 1.05 bits per heavy atom. The van der Waals surface area contributed by atoms with Gasteiger partial charge in [-0.1, -0.05) is 6.07 Å². The van der Waals surface area contributed by atoms with Gasteiger partial charge in [0.15, 0.2) is 0 Å². The molecule has 21 heavy (non-hydrogen) atoms. The van der Waals surface area contributed by atoms with E-state index >= 15 is 0 Å². The molecule has 1 fully saturated rings. The largest absolute Gasteiger partial charge is 0.494 e. The second-order valence-electron chi connectivity index (χ2n) is 5.83. The van der Waals surface area contributed by atoms with Gasteiger partial charge in [-0.05, 0) is 57.1 Å². The summed E-state index contributed by atoms with van der Waals surface area (Å²) >= 11 is -0.486. The van der Waals surface area contributed by atoms with Gasteiger partial charge >= 0.3 is 12.6 Å². The summed E-state index contributed by atoms with van der Waals surface area (Å²) in [6.45, 7) is 7.34. The van der Waals surface area contributed by atoms with Gasteiger partial charge in [-0.25, -0.2) is 4.39 Å². The molecule has 0 radical (unpaired) electrons. The van der Waals surface area contributed by atoms with Gasteiger partial charge in [-0.15, -0.1) is 0 Å². The molecule has 0 aliphatic carbocycles. The Morgan fingerprint density at radius 2 is 1.57 bits per heavy atom. The highest BCUT2D eigenvalue weighted by Gasteiger charge is 2.51. The molecule has 2 nitrogen and oxygen atoms in total. The molecule has 1 aliphatic heterocycles. The van der Waals surface area contributed by atoms with Crippen LogP contribution in [0.15, 0.2) is 23.1 Å². The molecule has 0 amide bonds. The fourth-order valence-electron chi connectivity index (χ4n) is 1.85. The van der Waals surface area contributed by atoms with Gasteiger partial charge in [0.05, 0.1) is 16.1 Å². The SMILES string of the molecule is CC1(C)OB(c2ccc(F)c(SC(F)(F)F)c2)OC1(C)C. The molecule has 116 valence electrons. The average molecular weight is 322 g/mol. The molecule has 0 N–H and O–H groups in total. The van der Waals surface area contributed by atoms with Crippen molar-refractivity contribution in [3.63, 3.8) is 0 Å². The summed E-state index contributed by atoms with van der Waals surface area (Å²) in [6.07, 6.45) is 0. The minimum Gasteiger partial charge on any atom is -0.399 e. The van der Waals surface area contributed by atoms with E-state index in [9.17, 15) is 17.6 Å². The van der Waals surface area contributed by atoms with Crippen molar-refractivity contribution in [2.45, 2.75) is 49.3 Å². The van der Waals surface area contributed by atoms with Crippen molar-refractivity contribution in [3.05, 3.63) is 24.0 Å². The van der Waals surface area contributed by atoms with E-state index in [2.05, 4.69) is 0 Å². The smallest absolute Gasteiger partial charge is 0.399 e. The Morgan fingerprint density at radius 3 is 2.05 bits per heavy atom. The van der Waals surface area contributed by atoms with E-state index in [1.807, 2.05) is 27.7 Å². The number of hydrogen-bond acceptors (Lipinski definition) is 3. The summed E-state index contributed by atoms with van der Waals surface area (Å²) in [5.74, 6) is -0.919. The number of benzene rings is 1. The van der Waals surface area contributed by atoms with Crippen LogP contribution in [-0.4, -0.2) is 23.8 Å². The molecule has 0 atom stereocenters. The number of thioether (sulfide) groups is 1. The fourth-order valence-corrected chi connectivity index (χ4v) is 2.46. The van der Waals surface area contributed by atoms with Crippen molar-refractivity contribution in [1.29, 1.82) is 0 Å². The van der Waals surface area contributed by atoms with Crippen molar-refractivity contribution >= 4 is 24.3 Å². The normalized spacial score (nSPS) is 20.9. The van der Waals surface area contributed by atoms with Gasteiger partial charge < -0.3 is 9.31 Å². The maximum Gasteiger partial charge on any atom is 0.494 e. The van der Waals surface area contributed by atoms with E-state index in [1.165, 1.54) is 6.07 Å². The van der Waals surface area contributed by atoms with Crippen molar-refractivity contribution in [2.24, 2.45) is 0 Å². The van der Waals surface area contributed by atoms with Crippen LogP contribution in [0.5, 0.6) is 0 Å². The highest BCUT2D eigenvalue weighted by Crippen LogP contribution is 2.39. The molecular weight excluding hydrogens is 307 g/mol. The van der Waals surface area contributed by atoms with Crippen LogP contribution in [0, 0.1) is 5.82 Å². The second kappa shape index (κ2) is 5.17. The highest BCUT2D eigenvalue weighted by molar-refractivity contribution is 8.00. The quantitative estimate of drug-likeness (QED) is 0.469. The summed E-state index contributed by atoms with van der Waals surface area (Å²) in [5, 5.41) is 0. The summed E-state index contributed by atoms with van der Waals surface area (Å²) < 4.78 is 62.2. The lowest BCUT2D eigenvalue weighted by molar-refractivity contribution is -0.0329. The molecule has 0 saturated carbocycles. The van der Waals surface area contributed by atoms with E-state index in [0.29, 0.717) is 5.46 Å². The average Bonchev–Trinajstić information content (AvgIpc) is 2.49. The zero-order valence-electron chi connectivity index (χ0n) is 12.0. The minimum absolute atomic E-state index is 0.363. The molecule has 0 aromatic heterocycles. The number of alkyl halides is 3. The molecule has 0 spiro atoms. The molecule has 0 unspecified atom stereocenters. The monoisotopic (exact) mass is 322 g/mol. The molecule has 2 rings (SSSR count). The first-order chi connectivity index (χ1) is 9.41. The van der Waals surface area contributed by atoms with Gasteiger partial charge in [0.2, 0.25) is 0 Å². The maximum absolute atomic E-state index is 13.5. The first-order valence-electron chi connectivity index (χ1n) is 6.32. The summed E-state index contributed by atoms with van der Waals surface area (Å²) in [5.41, 5.74) is -5.40. The Hall–Kier alpha value is -0.725. The molecular formula is C13H15BF4O2S. The lowest BCUT2D eigenvalue weighted by Crippen LogP contribution is -2.41. The summed E-state index contributed by atoms with van der Waals surface area (Å²) in [4.78, 5) is -0.491. The molecule has 1 heterocycles. The lowest BCUT2D eigenvalue weighted by Gasteiger charge is -2.32. The van der Waals surface area contributed by atoms with E-state index in [-0.39, 0.29) is 0 Å². The summed E-state index contributed by atoms with van der Waals surface area (Å²) in [7, 11) is -0.816. The van der Waals surface area contributed by atoms with Gasteiger partial charge in [-0.3, -0.25) is 0 Å². The van der Waals surface area contributed by atoms with Crippen molar-refractivity contribution in [3.8, 4) is 0 Å². The van der Waals surface area contributed by atoms with Crippen molar-refractivity contribution in [2.75, 3.05) is 0 Å². The predicted molar refractivity (Wildman–Crippen MR) is 74.0 cm³/mol. The topological polar surface area (TPSA) is 18.5 Å². The third-order valence-electron chi connectivity index (χ3n) is 3.71. The zero-order valence-corrected chi connectivity index (χ0v) is 12.9. The van der Waals surface area contributed by atoms with Crippen LogP contribution in [0.25, 0.3) is 0 Å². The molecule has 0 bridgehead atoms. The Kier molecular flexibility index (Phi) is 4.10. The van der Waals surface area contributed by atoms with Crippen molar-refractivity contribution < 1.29 is 26.9 Å². The molecule has 1 aromatic carbocycles. The second-order valence-corrected chi connectivity index (χ2v) is 6.93. The van der Waals surface area contributed by atoms with Crippen LogP contribution in [0.3, 0.4) is 0 Å². The standard InChI is InChI=1S/C13H15BF4O2S/c1-11(2)12(3,4)20-14(19-11)8-5-6-9(15)10(7-8)21-13(16,17)18/h5-7H,1-4H3. The van der Waals surface area contributed by atoms with Crippen LogP contribution in [0.2, 0.25) is 0 Å². The van der Waals surface area contributed by atoms with Gasteiger partial charge in [0.25, 0.3) is 0 Å². The highest BCUT2D eigenvalue weighted by atomic mass is 32.2. The van der Waals surface area contributed by atoms with Crippen LogP contribution in [-0.2, 0) is 9.31 Å². The van der Waals surface area contributed by atoms with Gasteiger partial charge in [0.1, 0.15) is 5.82 Å². The van der Waals surface area contributed by atoms with Crippen LogP contribution in [0.4, 0.5) is 17.6 Å². The first-order valence-corrected chi connectivity index (χ1v) is 7.14. The van der Waals surface area contributed by atoms with Gasteiger partial charge in [0, 0.05) is 0 Å². The molecule has 1 saturated heterocycles. The Bertz CT molecular complexity index is 529. The van der Waals surface area contributed by atoms with E-state index < -0.39 is 46.3 Å². The van der Waals surface area contributed by atoms with Crippen LogP contribution in [0.1, 0.15) is 27.7 Å². The van der Waals surface area contributed by atoms with Crippen molar-refractivity contribution in [1.82, 2.24) is 0 Å². The lowest BCUT2D eigenvalue weighted by atomic mass is 9.79. The third kappa shape index (κ3) is 3.55. The maximum atomic E-state index is 13.5. The Balaban J connectivity index is 2.29. The van der Waals surface area contributed by atoms with E-state index in [1.54, 1.807) is 0 Å². The zero-order chi connectivity index (χ0) is 16.1. The fraction of sp³-hybridized carbons (Fsp3) is 0.538. The van der Waals surface area contributed by atoms with E-state index in [0.717, 1.165) is 12.1 Å².